The van der Waals surface area contributed by atoms with Crippen LogP contribution in [0.1, 0.15) is 25.5 Å². The minimum absolute atomic E-state index is 0.163. The van der Waals surface area contributed by atoms with Gasteiger partial charge in [-0.05, 0) is 33.5 Å². The third-order valence-electron chi connectivity index (χ3n) is 4.82. The van der Waals surface area contributed by atoms with E-state index in [0.717, 1.165) is 5.96 Å². The van der Waals surface area contributed by atoms with Crippen molar-refractivity contribution in [3.63, 3.8) is 0 Å². The molecular formula is C18H30N4O2S. The van der Waals surface area contributed by atoms with Gasteiger partial charge in [0.1, 0.15) is 0 Å². The summed E-state index contributed by atoms with van der Waals surface area (Å²) in [6.45, 7) is 5.20. The maximum absolute atomic E-state index is 12.2. The third kappa shape index (κ3) is 4.52. The molecule has 0 amide bonds. The van der Waals surface area contributed by atoms with Crippen LogP contribution in [0, 0.1) is 0 Å². The second-order valence-electron chi connectivity index (χ2n) is 7.32. The van der Waals surface area contributed by atoms with Crippen LogP contribution >= 0.6 is 0 Å². The zero-order valence-electron chi connectivity index (χ0n) is 15.9. The molecule has 0 spiro atoms. The highest BCUT2D eigenvalue weighted by atomic mass is 32.2. The first-order valence-electron chi connectivity index (χ1n) is 8.57. The second kappa shape index (κ2) is 7.74. The molecule has 1 N–H and O–H groups in total. The number of rotatable bonds is 4. The van der Waals surface area contributed by atoms with Gasteiger partial charge in [0.15, 0.2) is 15.8 Å². The van der Waals surface area contributed by atoms with Crippen molar-refractivity contribution in [1.82, 2.24) is 15.1 Å². The Morgan fingerprint density at radius 2 is 1.96 bits per heavy atom. The molecule has 2 rings (SSSR count). The fourth-order valence-electron chi connectivity index (χ4n) is 3.12. The van der Waals surface area contributed by atoms with Crippen LogP contribution in [0.4, 0.5) is 0 Å². The number of guanidine groups is 1. The average Bonchev–Trinajstić information content (AvgIpc) is 2.55. The average molecular weight is 367 g/mol. The highest BCUT2D eigenvalue weighted by Crippen LogP contribution is 2.24. The molecule has 0 radical (unpaired) electrons. The van der Waals surface area contributed by atoms with Gasteiger partial charge in [-0.1, -0.05) is 30.3 Å². The van der Waals surface area contributed by atoms with E-state index in [0.29, 0.717) is 19.6 Å². The first-order valence-corrected chi connectivity index (χ1v) is 10.2. The van der Waals surface area contributed by atoms with Gasteiger partial charge in [-0.2, -0.15) is 0 Å². The van der Waals surface area contributed by atoms with E-state index in [-0.39, 0.29) is 11.8 Å². The zero-order chi connectivity index (χ0) is 18.7. The van der Waals surface area contributed by atoms with Gasteiger partial charge in [0.05, 0.1) is 16.5 Å². The number of aliphatic imine (C=N–C) groups is 1. The van der Waals surface area contributed by atoms with Crippen molar-refractivity contribution in [2.24, 2.45) is 4.99 Å². The van der Waals surface area contributed by atoms with Gasteiger partial charge < -0.3 is 15.1 Å². The molecule has 25 heavy (non-hydrogen) atoms. The number of benzene rings is 1. The van der Waals surface area contributed by atoms with E-state index in [1.807, 2.05) is 23.1 Å². The topological polar surface area (TPSA) is 65.0 Å². The van der Waals surface area contributed by atoms with Crippen LogP contribution in [-0.4, -0.2) is 75.5 Å². The molecule has 7 heteroatoms. The maximum Gasteiger partial charge on any atom is 0.193 e. The first-order chi connectivity index (χ1) is 11.7. The van der Waals surface area contributed by atoms with E-state index in [1.54, 1.807) is 20.9 Å². The van der Waals surface area contributed by atoms with E-state index in [4.69, 9.17) is 0 Å². The normalized spacial score (nSPS) is 21.2. The second-order valence-corrected chi connectivity index (χ2v) is 10.1. The lowest BCUT2D eigenvalue weighted by molar-refractivity contribution is 0.291. The quantitative estimate of drug-likeness (QED) is 0.644. The van der Waals surface area contributed by atoms with Crippen LogP contribution < -0.4 is 5.32 Å². The van der Waals surface area contributed by atoms with E-state index in [1.165, 1.54) is 5.56 Å². The Balaban J connectivity index is 2.07. The van der Waals surface area contributed by atoms with Crippen molar-refractivity contribution in [3.05, 3.63) is 35.9 Å². The molecule has 1 aliphatic heterocycles. The summed E-state index contributed by atoms with van der Waals surface area (Å²) in [6, 6.07) is 10.5. The molecule has 0 saturated carbocycles. The summed E-state index contributed by atoms with van der Waals surface area (Å²) in [6.07, 6.45) is 0. The van der Waals surface area contributed by atoms with Gasteiger partial charge in [-0.25, -0.2) is 8.42 Å². The van der Waals surface area contributed by atoms with Gasteiger partial charge in [-0.15, -0.1) is 0 Å². The maximum atomic E-state index is 12.2. The van der Waals surface area contributed by atoms with Gasteiger partial charge in [0.2, 0.25) is 0 Å². The molecule has 1 atom stereocenters. The lowest BCUT2D eigenvalue weighted by Crippen LogP contribution is -2.57. The number of hydrogen-bond acceptors (Lipinski definition) is 4. The van der Waals surface area contributed by atoms with Crippen molar-refractivity contribution in [2.45, 2.75) is 24.6 Å². The van der Waals surface area contributed by atoms with Crippen LogP contribution in [0.25, 0.3) is 0 Å². The van der Waals surface area contributed by atoms with Crippen molar-refractivity contribution < 1.29 is 8.42 Å². The van der Waals surface area contributed by atoms with Gasteiger partial charge >= 0.3 is 0 Å². The van der Waals surface area contributed by atoms with Crippen molar-refractivity contribution in [3.8, 4) is 0 Å². The highest BCUT2D eigenvalue weighted by Gasteiger charge is 2.41. The predicted molar refractivity (Wildman–Crippen MR) is 104 cm³/mol. The molecule has 0 aromatic heterocycles. The fourth-order valence-corrected chi connectivity index (χ4v) is 4.48. The van der Waals surface area contributed by atoms with Crippen molar-refractivity contribution in [2.75, 3.05) is 46.5 Å². The van der Waals surface area contributed by atoms with Gasteiger partial charge in [0.25, 0.3) is 0 Å². The van der Waals surface area contributed by atoms with Gasteiger partial charge in [0, 0.05) is 26.7 Å². The predicted octanol–water partition coefficient (Wildman–Crippen LogP) is 1.37. The summed E-state index contributed by atoms with van der Waals surface area (Å²) in [4.78, 5) is 8.58. The van der Waals surface area contributed by atoms with Crippen molar-refractivity contribution >= 4 is 15.8 Å². The number of sulfone groups is 1. The molecule has 0 bridgehead atoms. The molecule has 1 aliphatic rings. The molecule has 1 heterocycles. The number of likely N-dealkylation sites (N-methyl/N-ethyl adjacent to an activating group) is 1. The van der Waals surface area contributed by atoms with E-state index >= 15 is 0 Å². The zero-order valence-corrected chi connectivity index (χ0v) is 16.7. The fraction of sp³-hybridized carbons (Fsp3) is 0.611. The molecule has 140 valence electrons. The Morgan fingerprint density at radius 1 is 1.32 bits per heavy atom. The molecule has 1 unspecified atom stereocenters. The summed E-state index contributed by atoms with van der Waals surface area (Å²) in [7, 11) is 2.79. The standard InChI is InChI=1S/C18H30N4O2S/c1-18(2)14-22(11-12-25(18,23)24)17(19-3)20-13-16(21(4)5)15-9-7-6-8-10-15/h6-10,16H,11-14H2,1-5H3,(H,19,20). The molecule has 6 nitrogen and oxygen atoms in total. The number of nitrogens with zero attached hydrogens (tertiary/aromatic N) is 3. The smallest absolute Gasteiger partial charge is 0.193 e. The van der Waals surface area contributed by atoms with Crippen LogP contribution in [-0.2, 0) is 9.84 Å². The third-order valence-corrected chi connectivity index (χ3v) is 7.35. The van der Waals surface area contributed by atoms with Crippen LogP contribution in [0.3, 0.4) is 0 Å². The Hall–Kier alpha value is -1.60. The largest absolute Gasteiger partial charge is 0.354 e. The lowest BCUT2D eigenvalue weighted by Gasteiger charge is -2.39. The van der Waals surface area contributed by atoms with Gasteiger partial charge in [-0.3, -0.25) is 4.99 Å². The Kier molecular flexibility index (Phi) is 6.11. The van der Waals surface area contributed by atoms with Crippen LogP contribution in [0.5, 0.6) is 0 Å². The first kappa shape index (κ1) is 19.7. The Labute approximate surface area is 151 Å². The van der Waals surface area contributed by atoms with Crippen LogP contribution in [0.2, 0.25) is 0 Å². The SMILES string of the molecule is CN=C(NCC(c1ccccc1)N(C)C)N1CCS(=O)(=O)C(C)(C)C1. The summed E-state index contributed by atoms with van der Waals surface area (Å²) in [5, 5.41) is 3.42. The lowest BCUT2D eigenvalue weighted by atomic mass is 10.1. The molecule has 1 fully saturated rings. The van der Waals surface area contributed by atoms with E-state index in [9.17, 15) is 8.42 Å². The van der Waals surface area contributed by atoms with Crippen LogP contribution in [0.15, 0.2) is 35.3 Å². The molecule has 1 saturated heterocycles. The summed E-state index contributed by atoms with van der Waals surface area (Å²) >= 11 is 0. The minimum Gasteiger partial charge on any atom is -0.354 e. The van der Waals surface area contributed by atoms with E-state index < -0.39 is 14.6 Å². The highest BCUT2D eigenvalue weighted by molar-refractivity contribution is 7.92. The monoisotopic (exact) mass is 366 g/mol. The molecule has 0 aliphatic carbocycles. The van der Waals surface area contributed by atoms with Crippen molar-refractivity contribution in [1.29, 1.82) is 0 Å². The molecule has 1 aromatic carbocycles. The number of hydrogen-bond donors (Lipinski definition) is 1. The van der Waals surface area contributed by atoms with E-state index in [2.05, 4.69) is 41.4 Å². The summed E-state index contributed by atoms with van der Waals surface area (Å²) in [5.41, 5.74) is 1.23. The molecule has 1 aromatic rings. The molecular weight excluding hydrogens is 336 g/mol. The Bertz CT molecular complexity index is 699. The number of nitrogens with one attached hydrogen (secondary N) is 1. The Morgan fingerprint density at radius 3 is 2.48 bits per heavy atom. The summed E-state index contributed by atoms with van der Waals surface area (Å²) in [5.74, 6) is 0.919. The summed E-state index contributed by atoms with van der Waals surface area (Å²) < 4.78 is 23.7. The minimum atomic E-state index is -3.06.